The van der Waals surface area contributed by atoms with Gasteiger partial charge in [-0.1, -0.05) is 23.7 Å². The first-order valence-electron chi connectivity index (χ1n) is 9.80. The number of hydrogen-bond acceptors (Lipinski definition) is 5. The number of carbonyl (C=O) groups is 1. The third-order valence-corrected chi connectivity index (χ3v) is 8.92. The van der Waals surface area contributed by atoms with Crippen molar-refractivity contribution in [2.75, 3.05) is 26.4 Å². The van der Waals surface area contributed by atoms with Crippen LogP contribution in [0.5, 0.6) is 0 Å². The van der Waals surface area contributed by atoms with Gasteiger partial charge < -0.3 is 4.90 Å². The first kappa shape index (κ1) is 23.7. The number of rotatable bonds is 6. The van der Waals surface area contributed by atoms with Gasteiger partial charge in [-0.25, -0.2) is 16.8 Å². The number of halogens is 1. The molecule has 1 heterocycles. The number of sulfone groups is 1. The van der Waals surface area contributed by atoms with Crippen molar-refractivity contribution in [3.8, 4) is 0 Å². The zero-order valence-corrected chi connectivity index (χ0v) is 20.0. The highest BCUT2D eigenvalue weighted by molar-refractivity contribution is 7.90. The maximum absolute atomic E-state index is 13.1. The lowest BCUT2D eigenvalue weighted by molar-refractivity contribution is 0.0742. The van der Waals surface area contributed by atoms with E-state index in [1.54, 1.807) is 26.1 Å². The van der Waals surface area contributed by atoms with Crippen LogP contribution in [0.3, 0.4) is 0 Å². The number of carbonyl (C=O) groups excluding carboxylic acids is 1. The highest BCUT2D eigenvalue weighted by Gasteiger charge is 2.29. The molecule has 1 amide bonds. The van der Waals surface area contributed by atoms with E-state index in [0.717, 1.165) is 24.7 Å². The summed E-state index contributed by atoms with van der Waals surface area (Å²) < 4.78 is 50.5. The predicted molar refractivity (Wildman–Crippen MR) is 120 cm³/mol. The van der Waals surface area contributed by atoms with Crippen LogP contribution < -0.4 is 0 Å². The molecule has 1 aliphatic heterocycles. The van der Waals surface area contributed by atoms with E-state index in [2.05, 4.69) is 0 Å². The Kier molecular flexibility index (Phi) is 6.81. The fraction of sp³-hybridized carbons (Fsp3) is 0.381. The average Bonchev–Trinajstić information content (AvgIpc) is 3.27. The van der Waals surface area contributed by atoms with E-state index in [1.165, 1.54) is 39.5 Å². The van der Waals surface area contributed by atoms with Crippen LogP contribution in [-0.4, -0.2) is 58.3 Å². The normalized spacial score (nSPS) is 16.3. The molecule has 1 aliphatic rings. The molecule has 1 saturated heterocycles. The summed E-state index contributed by atoms with van der Waals surface area (Å²) >= 11 is 6.24. The Labute approximate surface area is 188 Å². The largest absolute Gasteiger partial charge is 0.335 e. The Morgan fingerprint density at radius 2 is 1.55 bits per heavy atom. The van der Waals surface area contributed by atoms with Gasteiger partial charge in [0, 0.05) is 26.4 Å². The smallest absolute Gasteiger partial charge is 0.255 e. The van der Waals surface area contributed by atoms with E-state index >= 15 is 0 Å². The maximum atomic E-state index is 13.1. The molecule has 1 unspecified atom stereocenters. The Hall–Kier alpha value is -1.94. The van der Waals surface area contributed by atoms with Gasteiger partial charge in [-0.2, -0.15) is 4.31 Å². The standard InChI is InChI=1S/C21H25ClN2O5S2/c1-15(16-6-8-17(9-7-16)30(3,26)27)23(2)21(25)19-14-18(10-11-20(19)22)31(28,29)24-12-4-5-13-24/h6-11,14-15H,4-5,12-13H2,1-3H3. The van der Waals surface area contributed by atoms with Crippen molar-refractivity contribution in [2.45, 2.75) is 35.6 Å². The van der Waals surface area contributed by atoms with E-state index in [1.807, 2.05) is 0 Å². The summed E-state index contributed by atoms with van der Waals surface area (Å²) in [5, 5.41) is 0.164. The van der Waals surface area contributed by atoms with Gasteiger partial charge in [0.25, 0.3) is 5.91 Å². The molecule has 0 radical (unpaired) electrons. The van der Waals surface area contributed by atoms with Crippen molar-refractivity contribution in [3.63, 3.8) is 0 Å². The van der Waals surface area contributed by atoms with Crippen LogP contribution in [0.2, 0.25) is 5.02 Å². The minimum atomic E-state index is -3.68. The molecule has 1 atom stereocenters. The van der Waals surface area contributed by atoms with E-state index in [0.29, 0.717) is 13.1 Å². The molecule has 7 nitrogen and oxygen atoms in total. The van der Waals surface area contributed by atoms with E-state index in [9.17, 15) is 21.6 Å². The third-order valence-electron chi connectivity index (χ3n) is 5.56. The van der Waals surface area contributed by atoms with E-state index < -0.39 is 31.8 Å². The molecule has 2 aromatic carbocycles. The summed E-state index contributed by atoms with van der Waals surface area (Å²) in [6, 6.07) is 10.1. The summed E-state index contributed by atoms with van der Waals surface area (Å²) in [7, 11) is -5.40. The number of hydrogen-bond donors (Lipinski definition) is 0. The Balaban J connectivity index is 1.88. The minimum Gasteiger partial charge on any atom is -0.335 e. The van der Waals surface area contributed by atoms with E-state index in [-0.39, 0.29) is 20.4 Å². The first-order valence-corrected chi connectivity index (χ1v) is 13.5. The van der Waals surface area contributed by atoms with Gasteiger partial charge in [-0.3, -0.25) is 4.79 Å². The average molecular weight is 485 g/mol. The Morgan fingerprint density at radius 1 is 1.00 bits per heavy atom. The van der Waals surface area contributed by atoms with Crippen LogP contribution in [0, 0.1) is 0 Å². The molecule has 168 valence electrons. The van der Waals surface area contributed by atoms with Gasteiger partial charge in [0.1, 0.15) is 0 Å². The molecule has 0 bridgehead atoms. The van der Waals surface area contributed by atoms with Crippen LogP contribution in [0.4, 0.5) is 0 Å². The fourth-order valence-corrected chi connectivity index (χ4v) is 5.86. The molecule has 0 aliphatic carbocycles. The molecule has 1 fully saturated rings. The van der Waals surface area contributed by atoms with Crippen LogP contribution in [-0.2, 0) is 19.9 Å². The summed E-state index contributed by atoms with van der Waals surface area (Å²) in [6.07, 6.45) is 2.76. The number of amides is 1. The monoisotopic (exact) mass is 484 g/mol. The second-order valence-electron chi connectivity index (χ2n) is 7.69. The molecular weight excluding hydrogens is 460 g/mol. The van der Waals surface area contributed by atoms with Crippen LogP contribution in [0.15, 0.2) is 52.3 Å². The zero-order valence-electron chi connectivity index (χ0n) is 17.6. The molecule has 31 heavy (non-hydrogen) atoms. The topological polar surface area (TPSA) is 91.8 Å². The van der Waals surface area contributed by atoms with Crippen LogP contribution in [0.25, 0.3) is 0 Å². The lowest BCUT2D eigenvalue weighted by Gasteiger charge is -2.26. The van der Waals surface area contributed by atoms with Gasteiger partial charge in [-0.05, 0) is 55.7 Å². The van der Waals surface area contributed by atoms with Crippen molar-refractivity contribution < 1.29 is 21.6 Å². The van der Waals surface area contributed by atoms with Crippen molar-refractivity contribution in [1.29, 1.82) is 0 Å². The quantitative estimate of drug-likeness (QED) is 0.626. The molecule has 0 spiro atoms. The number of nitrogens with zero attached hydrogens (tertiary/aromatic N) is 2. The summed E-state index contributed by atoms with van der Waals surface area (Å²) in [5.41, 5.74) is 0.837. The summed E-state index contributed by atoms with van der Waals surface area (Å²) in [5.74, 6) is -0.428. The van der Waals surface area contributed by atoms with Crippen molar-refractivity contribution in [2.24, 2.45) is 0 Å². The Bertz CT molecular complexity index is 1190. The van der Waals surface area contributed by atoms with Crippen molar-refractivity contribution >= 4 is 37.4 Å². The second kappa shape index (κ2) is 8.90. The van der Waals surface area contributed by atoms with Gasteiger partial charge in [0.05, 0.1) is 26.4 Å². The van der Waals surface area contributed by atoms with Crippen LogP contribution >= 0.6 is 11.6 Å². The third kappa shape index (κ3) is 4.95. The van der Waals surface area contributed by atoms with E-state index in [4.69, 9.17) is 11.6 Å². The summed E-state index contributed by atoms with van der Waals surface area (Å²) in [4.78, 5) is 14.8. The first-order chi connectivity index (χ1) is 14.4. The van der Waals surface area contributed by atoms with Crippen LogP contribution in [0.1, 0.15) is 41.7 Å². The fourth-order valence-electron chi connectivity index (χ4n) is 3.49. The predicted octanol–water partition coefficient (Wildman–Crippen LogP) is 3.36. The lowest BCUT2D eigenvalue weighted by Crippen LogP contribution is -2.31. The molecule has 0 aromatic heterocycles. The summed E-state index contributed by atoms with van der Waals surface area (Å²) in [6.45, 7) is 2.73. The number of sulfonamides is 1. The molecule has 0 N–H and O–H groups in total. The van der Waals surface area contributed by atoms with Crippen molar-refractivity contribution in [1.82, 2.24) is 9.21 Å². The molecule has 0 saturated carbocycles. The highest BCUT2D eigenvalue weighted by Crippen LogP contribution is 2.28. The van der Waals surface area contributed by atoms with Crippen molar-refractivity contribution in [3.05, 3.63) is 58.6 Å². The zero-order chi connectivity index (χ0) is 23.0. The van der Waals surface area contributed by atoms with Gasteiger partial charge in [-0.15, -0.1) is 0 Å². The second-order valence-corrected chi connectivity index (χ2v) is 12.0. The maximum Gasteiger partial charge on any atom is 0.255 e. The SMILES string of the molecule is CC(c1ccc(S(C)(=O)=O)cc1)N(C)C(=O)c1cc(S(=O)(=O)N2CCCC2)ccc1Cl. The molecule has 3 rings (SSSR count). The molecule has 10 heteroatoms. The van der Waals surface area contributed by atoms with Gasteiger partial charge >= 0.3 is 0 Å². The highest BCUT2D eigenvalue weighted by atomic mass is 35.5. The number of benzene rings is 2. The molecule has 2 aromatic rings. The Morgan fingerprint density at radius 3 is 2.10 bits per heavy atom. The van der Waals surface area contributed by atoms with Gasteiger partial charge in [0.2, 0.25) is 10.0 Å². The minimum absolute atomic E-state index is 0.0423. The lowest BCUT2D eigenvalue weighted by atomic mass is 10.1. The van der Waals surface area contributed by atoms with Gasteiger partial charge in [0.15, 0.2) is 9.84 Å². The molecular formula is C21H25ClN2O5S2.